The molecule has 1 aromatic carbocycles. The second-order valence-corrected chi connectivity index (χ2v) is 10.2. The summed E-state index contributed by atoms with van der Waals surface area (Å²) in [6, 6.07) is 5.83. The van der Waals surface area contributed by atoms with Crippen LogP contribution in [-0.4, -0.2) is 21.3 Å². The number of hydrogen-bond acceptors (Lipinski definition) is 3. The van der Waals surface area contributed by atoms with Crippen molar-refractivity contribution >= 4 is 15.7 Å². The van der Waals surface area contributed by atoms with E-state index in [1.165, 1.54) is 0 Å². The van der Waals surface area contributed by atoms with E-state index in [4.69, 9.17) is 4.74 Å². The number of ether oxygens (including phenoxy) is 1. The molecule has 5 heteroatoms. The first-order valence-electron chi connectivity index (χ1n) is 8.59. The third-order valence-electron chi connectivity index (χ3n) is 3.78. The minimum absolute atomic E-state index is 0.0614. The average molecular weight is 356 g/mol. The van der Waals surface area contributed by atoms with E-state index in [0.29, 0.717) is 18.0 Å². The van der Waals surface area contributed by atoms with Gasteiger partial charge in [-0.05, 0) is 41.4 Å². The molecular weight excluding hydrogens is 322 g/mol. The van der Waals surface area contributed by atoms with Crippen LogP contribution in [0, 0.1) is 5.41 Å². The zero-order chi connectivity index (χ0) is 18.6. The lowest BCUT2D eigenvalue weighted by molar-refractivity contribution is 0.283. The zero-order valence-electron chi connectivity index (χ0n) is 16.2. The van der Waals surface area contributed by atoms with E-state index in [2.05, 4.69) is 46.3 Å². The minimum atomic E-state index is -3.36. The first-order chi connectivity index (χ1) is 10.8. The second-order valence-electron chi connectivity index (χ2n) is 8.41. The molecule has 4 nitrogen and oxygen atoms in total. The molecule has 0 fully saturated rings. The van der Waals surface area contributed by atoms with Crippen LogP contribution < -0.4 is 9.46 Å². The van der Waals surface area contributed by atoms with E-state index in [9.17, 15) is 8.42 Å². The highest BCUT2D eigenvalue weighted by Crippen LogP contribution is 2.39. The fourth-order valence-electron chi connectivity index (χ4n) is 3.11. The van der Waals surface area contributed by atoms with Gasteiger partial charge in [-0.2, -0.15) is 0 Å². The van der Waals surface area contributed by atoms with Crippen LogP contribution in [0.2, 0.25) is 0 Å². The van der Waals surface area contributed by atoms with E-state index in [1.54, 1.807) is 0 Å². The lowest BCUT2D eigenvalue weighted by Crippen LogP contribution is -2.25. The van der Waals surface area contributed by atoms with Gasteiger partial charge in [0.1, 0.15) is 5.75 Å². The van der Waals surface area contributed by atoms with Crippen LogP contribution in [0.5, 0.6) is 5.75 Å². The molecule has 0 saturated heterocycles. The molecule has 0 spiro atoms. The maximum atomic E-state index is 11.7. The van der Waals surface area contributed by atoms with Crippen molar-refractivity contribution in [2.75, 3.05) is 17.6 Å². The predicted molar refractivity (Wildman–Crippen MR) is 102 cm³/mol. The van der Waals surface area contributed by atoms with Crippen molar-refractivity contribution in [1.82, 2.24) is 0 Å². The molecule has 0 saturated carbocycles. The first-order valence-corrected chi connectivity index (χ1v) is 10.5. The quantitative estimate of drug-likeness (QED) is 0.671. The summed E-state index contributed by atoms with van der Waals surface area (Å²) >= 11 is 0. The maximum Gasteiger partial charge on any atom is 0.229 e. The summed E-state index contributed by atoms with van der Waals surface area (Å²) < 4.78 is 31.8. The van der Waals surface area contributed by atoms with Crippen LogP contribution >= 0.6 is 0 Å². The monoisotopic (exact) mass is 355 g/mol. The topological polar surface area (TPSA) is 55.4 Å². The van der Waals surface area contributed by atoms with Crippen molar-refractivity contribution in [1.29, 1.82) is 0 Å². The van der Waals surface area contributed by atoms with Crippen molar-refractivity contribution in [3.05, 3.63) is 23.8 Å². The Morgan fingerprint density at radius 3 is 2.25 bits per heavy atom. The summed E-state index contributed by atoms with van der Waals surface area (Å²) in [5, 5.41) is 0. The van der Waals surface area contributed by atoms with Crippen molar-refractivity contribution in [3.8, 4) is 5.75 Å². The number of nitrogens with one attached hydrogen (secondary N) is 1. The molecule has 1 aromatic rings. The van der Waals surface area contributed by atoms with Gasteiger partial charge >= 0.3 is 0 Å². The number of unbranched alkanes of at least 4 members (excludes halogenated alkanes) is 1. The van der Waals surface area contributed by atoms with Gasteiger partial charge in [0.15, 0.2) is 0 Å². The lowest BCUT2D eigenvalue weighted by atomic mass is 9.72. The molecule has 0 aliphatic heterocycles. The van der Waals surface area contributed by atoms with Crippen molar-refractivity contribution in [3.63, 3.8) is 0 Å². The van der Waals surface area contributed by atoms with E-state index in [-0.39, 0.29) is 10.8 Å². The molecule has 0 aliphatic rings. The number of hydrogen-bond donors (Lipinski definition) is 1. The Bertz CT molecular complexity index is 643. The predicted octanol–water partition coefficient (Wildman–Crippen LogP) is 4.95. The van der Waals surface area contributed by atoms with Crippen molar-refractivity contribution in [2.45, 2.75) is 66.2 Å². The van der Waals surface area contributed by atoms with Crippen LogP contribution in [-0.2, 0) is 15.4 Å². The molecule has 0 aromatic heterocycles. The fraction of sp³-hybridized carbons (Fsp3) is 0.684. The van der Waals surface area contributed by atoms with Crippen molar-refractivity contribution < 1.29 is 13.2 Å². The Morgan fingerprint density at radius 2 is 1.75 bits per heavy atom. The third kappa shape index (κ3) is 7.12. The van der Waals surface area contributed by atoms with E-state index in [1.807, 2.05) is 18.2 Å². The molecule has 1 rings (SSSR count). The molecular formula is C19H33NO3S. The third-order valence-corrected chi connectivity index (χ3v) is 4.37. The number of benzene rings is 1. The van der Waals surface area contributed by atoms with Gasteiger partial charge in [0, 0.05) is 0 Å². The van der Waals surface area contributed by atoms with Crippen LogP contribution in [0.1, 0.15) is 66.4 Å². The zero-order valence-corrected chi connectivity index (χ0v) is 17.0. The number of rotatable bonds is 8. The SMILES string of the molecule is CCCCOc1ccc(C(C)(C)CC(C)(C)C)cc1NS(C)(=O)=O. The van der Waals surface area contributed by atoms with Crippen LogP contribution in [0.3, 0.4) is 0 Å². The molecule has 24 heavy (non-hydrogen) atoms. The summed E-state index contributed by atoms with van der Waals surface area (Å²) in [4.78, 5) is 0. The second kappa shape index (κ2) is 7.77. The Hall–Kier alpha value is -1.23. The lowest BCUT2D eigenvalue weighted by Gasteiger charge is -2.33. The van der Waals surface area contributed by atoms with Gasteiger partial charge in [-0.1, -0.05) is 54.0 Å². The molecule has 0 heterocycles. The van der Waals surface area contributed by atoms with E-state index >= 15 is 0 Å². The number of sulfonamides is 1. The number of anilines is 1. The van der Waals surface area contributed by atoms with Gasteiger partial charge < -0.3 is 4.74 Å². The molecule has 0 unspecified atom stereocenters. The van der Waals surface area contributed by atoms with Gasteiger partial charge in [0.25, 0.3) is 0 Å². The largest absolute Gasteiger partial charge is 0.491 e. The van der Waals surface area contributed by atoms with E-state index < -0.39 is 10.0 Å². The first kappa shape index (κ1) is 20.8. The molecule has 1 N–H and O–H groups in total. The van der Waals surface area contributed by atoms with E-state index in [0.717, 1.165) is 31.1 Å². The van der Waals surface area contributed by atoms with Crippen LogP contribution in [0.25, 0.3) is 0 Å². The summed E-state index contributed by atoms with van der Waals surface area (Å²) in [7, 11) is -3.36. The minimum Gasteiger partial charge on any atom is -0.491 e. The summed E-state index contributed by atoms with van der Waals surface area (Å²) in [5.41, 5.74) is 1.75. The summed E-state index contributed by atoms with van der Waals surface area (Å²) in [5.74, 6) is 0.587. The fourth-order valence-corrected chi connectivity index (χ4v) is 3.67. The van der Waals surface area contributed by atoms with Gasteiger partial charge in [-0.25, -0.2) is 8.42 Å². The Kier molecular flexibility index (Phi) is 6.74. The molecule has 0 radical (unpaired) electrons. The molecule has 138 valence electrons. The van der Waals surface area contributed by atoms with Crippen LogP contribution in [0.15, 0.2) is 18.2 Å². The molecule has 0 amide bonds. The molecule has 0 bridgehead atoms. The van der Waals surface area contributed by atoms with Gasteiger partial charge in [0.2, 0.25) is 10.0 Å². The van der Waals surface area contributed by atoms with Gasteiger partial charge in [0.05, 0.1) is 18.6 Å². The highest BCUT2D eigenvalue weighted by Gasteiger charge is 2.28. The Balaban J connectivity index is 3.19. The van der Waals surface area contributed by atoms with Crippen molar-refractivity contribution in [2.24, 2.45) is 5.41 Å². The maximum absolute atomic E-state index is 11.7. The normalized spacial score (nSPS) is 13.0. The van der Waals surface area contributed by atoms with Gasteiger partial charge in [-0.3, -0.25) is 4.72 Å². The molecule has 0 aliphatic carbocycles. The Morgan fingerprint density at radius 1 is 1.12 bits per heavy atom. The highest BCUT2D eigenvalue weighted by molar-refractivity contribution is 7.92. The molecule has 0 atom stereocenters. The highest BCUT2D eigenvalue weighted by atomic mass is 32.2. The van der Waals surface area contributed by atoms with Gasteiger partial charge in [-0.15, -0.1) is 0 Å². The summed E-state index contributed by atoms with van der Waals surface area (Å²) in [6.07, 6.45) is 4.13. The standard InChI is InChI=1S/C19H33NO3S/c1-8-9-12-23-17-11-10-15(13-16(17)20-24(7,21)22)19(5,6)14-18(2,3)4/h10-11,13,20H,8-9,12,14H2,1-7H3. The Labute approximate surface area is 148 Å². The average Bonchev–Trinajstić information content (AvgIpc) is 2.36. The smallest absolute Gasteiger partial charge is 0.229 e. The summed E-state index contributed by atoms with van der Waals surface area (Å²) in [6.45, 7) is 13.7. The van der Waals surface area contributed by atoms with Crippen LogP contribution in [0.4, 0.5) is 5.69 Å².